The SMILES string of the molecule is CCOc1cc2c(cc1OCC)[C@@H]1[C@H](C(=O)N[C@H]3CCCc4ccccc43)c3ccccc3C(=O)N1CC2. The second-order valence-electron chi connectivity index (χ2n) is 10.3. The number of hydrogen-bond acceptors (Lipinski definition) is 4. The normalized spacial score (nSPS) is 21.5. The zero-order chi connectivity index (χ0) is 26.2. The molecule has 2 amide bonds. The molecule has 196 valence electrons. The summed E-state index contributed by atoms with van der Waals surface area (Å²) in [7, 11) is 0. The maximum Gasteiger partial charge on any atom is 0.254 e. The third-order valence-corrected chi connectivity index (χ3v) is 8.15. The molecule has 3 aliphatic rings. The Morgan fingerprint density at radius 1 is 0.895 bits per heavy atom. The molecule has 2 heterocycles. The lowest BCUT2D eigenvalue weighted by Gasteiger charge is -2.45. The first-order valence-electron chi connectivity index (χ1n) is 13.8. The monoisotopic (exact) mass is 510 g/mol. The molecule has 38 heavy (non-hydrogen) atoms. The second kappa shape index (κ2) is 10.2. The van der Waals surface area contributed by atoms with Gasteiger partial charge in [0.15, 0.2) is 11.5 Å². The van der Waals surface area contributed by atoms with Gasteiger partial charge in [0.2, 0.25) is 5.91 Å². The van der Waals surface area contributed by atoms with E-state index in [2.05, 4.69) is 23.5 Å². The minimum Gasteiger partial charge on any atom is -0.490 e. The lowest BCUT2D eigenvalue weighted by Crippen LogP contribution is -2.50. The molecule has 6 rings (SSSR count). The van der Waals surface area contributed by atoms with Crippen LogP contribution in [0.4, 0.5) is 0 Å². The van der Waals surface area contributed by atoms with Crippen molar-refractivity contribution in [3.8, 4) is 11.5 Å². The van der Waals surface area contributed by atoms with Gasteiger partial charge in [-0.15, -0.1) is 0 Å². The fourth-order valence-corrected chi connectivity index (χ4v) is 6.52. The average molecular weight is 511 g/mol. The number of carbonyl (C=O) groups is 2. The predicted molar refractivity (Wildman–Crippen MR) is 146 cm³/mol. The van der Waals surface area contributed by atoms with E-state index in [-0.39, 0.29) is 17.9 Å². The summed E-state index contributed by atoms with van der Waals surface area (Å²) < 4.78 is 11.9. The van der Waals surface area contributed by atoms with Crippen molar-refractivity contribution in [1.82, 2.24) is 10.2 Å². The Labute approximate surface area is 223 Å². The summed E-state index contributed by atoms with van der Waals surface area (Å²) in [5.41, 5.74) is 5.99. The molecular formula is C32H34N2O4. The highest BCUT2D eigenvalue weighted by atomic mass is 16.5. The van der Waals surface area contributed by atoms with E-state index in [1.54, 1.807) is 0 Å². The van der Waals surface area contributed by atoms with Gasteiger partial charge in [0.25, 0.3) is 5.91 Å². The molecule has 0 fully saturated rings. The van der Waals surface area contributed by atoms with Crippen LogP contribution >= 0.6 is 0 Å². The molecule has 0 bridgehead atoms. The molecule has 0 radical (unpaired) electrons. The topological polar surface area (TPSA) is 67.9 Å². The van der Waals surface area contributed by atoms with Crippen molar-refractivity contribution in [3.05, 3.63) is 94.0 Å². The van der Waals surface area contributed by atoms with E-state index in [4.69, 9.17) is 9.47 Å². The van der Waals surface area contributed by atoms with Crippen molar-refractivity contribution in [1.29, 1.82) is 0 Å². The molecule has 0 spiro atoms. The summed E-state index contributed by atoms with van der Waals surface area (Å²) in [6.07, 6.45) is 3.69. The van der Waals surface area contributed by atoms with Crippen molar-refractivity contribution in [3.63, 3.8) is 0 Å². The van der Waals surface area contributed by atoms with Crippen LogP contribution in [0.3, 0.4) is 0 Å². The van der Waals surface area contributed by atoms with Gasteiger partial charge >= 0.3 is 0 Å². The highest BCUT2D eigenvalue weighted by Crippen LogP contribution is 2.48. The lowest BCUT2D eigenvalue weighted by molar-refractivity contribution is -0.125. The van der Waals surface area contributed by atoms with Crippen molar-refractivity contribution >= 4 is 11.8 Å². The molecule has 0 saturated heterocycles. The van der Waals surface area contributed by atoms with Crippen LogP contribution in [0.25, 0.3) is 0 Å². The molecule has 1 aliphatic carbocycles. The molecule has 0 aromatic heterocycles. The second-order valence-corrected chi connectivity index (χ2v) is 10.3. The van der Waals surface area contributed by atoms with E-state index in [0.717, 1.165) is 36.0 Å². The first-order chi connectivity index (χ1) is 18.6. The maximum absolute atomic E-state index is 14.3. The van der Waals surface area contributed by atoms with Gasteiger partial charge in [0.1, 0.15) is 0 Å². The third kappa shape index (κ3) is 4.12. The molecule has 3 aromatic carbocycles. The van der Waals surface area contributed by atoms with Crippen LogP contribution in [0.2, 0.25) is 0 Å². The zero-order valence-electron chi connectivity index (χ0n) is 22.0. The summed E-state index contributed by atoms with van der Waals surface area (Å²) in [6.45, 7) is 5.49. The quantitative estimate of drug-likeness (QED) is 0.475. The van der Waals surface area contributed by atoms with Crippen LogP contribution < -0.4 is 14.8 Å². The molecule has 2 aliphatic heterocycles. The van der Waals surface area contributed by atoms with Gasteiger partial charge in [-0.1, -0.05) is 42.5 Å². The van der Waals surface area contributed by atoms with Gasteiger partial charge in [0, 0.05) is 12.1 Å². The number of ether oxygens (including phenoxy) is 2. The molecule has 3 atom stereocenters. The van der Waals surface area contributed by atoms with E-state index in [9.17, 15) is 9.59 Å². The minimum absolute atomic E-state index is 0.0184. The van der Waals surface area contributed by atoms with E-state index in [1.807, 2.05) is 61.2 Å². The summed E-state index contributed by atoms with van der Waals surface area (Å²) >= 11 is 0. The van der Waals surface area contributed by atoms with Gasteiger partial charge in [-0.2, -0.15) is 0 Å². The molecule has 6 nitrogen and oxygen atoms in total. The van der Waals surface area contributed by atoms with Crippen molar-refractivity contribution < 1.29 is 19.1 Å². The Morgan fingerprint density at radius 2 is 1.61 bits per heavy atom. The summed E-state index contributed by atoms with van der Waals surface area (Å²) in [5.74, 6) is 0.784. The predicted octanol–water partition coefficient (Wildman–Crippen LogP) is 5.51. The lowest BCUT2D eigenvalue weighted by atomic mass is 9.75. The van der Waals surface area contributed by atoms with Crippen LogP contribution in [0.5, 0.6) is 11.5 Å². The van der Waals surface area contributed by atoms with E-state index in [1.165, 1.54) is 11.1 Å². The van der Waals surface area contributed by atoms with Gasteiger partial charge in [-0.25, -0.2) is 0 Å². The summed E-state index contributed by atoms with van der Waals surface area (Å²) in [6, 6.07) is 19.6. The number of nitrogens with zero attached hydrogens (tertiary/aromatic N) is 1. The number of hydrogen-bond donors (Lipinski definition) is 1. The highest BCUT2D eigenvalue weighted by molar-refractivity contribution is 6.01. The third-order valence-electron chi connectivity index (χ3n) is 8.15. The number of aryl methyl sites for hydroxylation is 1. The Balaban J connectivity index is 1.44. The Morgan fingerprint density at radius 3 is 2.39 bits per heavy atom. The average Bonchev–Trinajstić information content (AvgIpc) is 2.94. The first-order valence-corrected chi connectivity index (χ1v) is 13.8. The molecular weight excluding hydrogens is 476 g/mol. The standard InChI is InChI=1S/C32H34N2O4/c1-3-37-27-18-21-16-17-34-30(25(21)19-28(27)38-4-2)29(23-13-7-8-14-24(23)32(34)36)31(35)33-26-15-9-11-20-10-5-6-12-22(20)26/h5-8,10,12-14,18-19,26,29-30H,3-4,9,11,15-17H2,1-2H3,(H,33,35)/t26-,29+,30+/m0/s1. The Kier molecular flexibility index (Phi) is 6.56. The Bertz CT molecular complexity index is 1380. The van der Waals surface area contributed by atoms with Crippen molar-refractivity contribution in [2.75, 3.05) is 19.8 Å². The minimum atomic E-state index is -0.524. The fourth-order valence-electron chi connectivity index (χ4n) is 6.52. The van der Waals surface area contributed by atoms with Crippen LogP contribution in [-0.2, 0) is 17.6 Å². The number of rotatable bonds is 6. The van der Waals surface area contributed by atoms with E-state index >= 15 is 0 Å². The largest absolute Gasteiger partial charge is 0.490 e. The maximum atomic E-state index is 14.3. The smallest absolute Gasteiger partial charge is 0.254 e. The van der Waals surface area contributed by atoms with Crippen molar-refractivity contribution in [2.24, 2.45) is 0 Å². The number of fused-ring (bicyclic) bond motifs is 5. The highest BCUT2D eigenvalue weighted by Gasteiger charge is 2.47. The summed E-state index contributed by atoms with van der Waals surface area (Å²) in [4.78, 5) is 29.9. The molecule has 1 N–H and O–H groups in total. The van der Waals surface area contributed by atoms with Crippen molar-refractivity contribution in [2.45, 2.75) is 57.5 Å². The van der Waals surface area contributed by atoms with Crippen LogP contribution in [0.1, 0.15) is 82.9 Å². The molecule has 0 unspecified atom stereocenters. The molecule has 0 saturated carbocycles. The van der Waals surface area contributed by atoms with E-state index in [0.29, 0.717) is 43.2 Å². The molecule has 3 aromatic rings. The number of nitrogens with one attached hydrogen (secondary N) is 1. The van der Waals surface area contributed by atoms with Gasteiger partial charge in [-0.3, -0.25) is 9.59 Å². The number of benzene rings is 3. The van der Waals surface area contributed by atoms with Crippen LogP contribution in [-0.4, -0.2) is 36.5 Å². The van der Waals surface area contributed by atoms with Crippen LogP contribution in [0.15, 0.2) is 60.7 Å². The van der Waals surface area contributed by atoms with Crippen LogP contribution in [0, 0.1) is 0 Å². The number of carbonyl (C=O) groups excluding carboxylic acids is 2. The van der Waals surface area contributed by atoms with Gasteiger partial charge < -0.3 is 19.7 Å². The number of amides is 2. The zero-order valence-corrected chi connectivity index (χ0v) is 22.0. The first kappa shape index (κ1) is 24.5. The van der Waals surface area contributed by atoms with Gasteiger partial charge in [0.05, 0.1) is 31.2 Å². The Hall–Kier alpha value is -3.80. The molecule has 6 heteroatoms. The van der Waals surface area contributed by atoms with Gasteiger partial charge in [-0.05, 0) is 85.5 Å². The fraction of sp³-hybridized carbons (Fsp3) is 0.375. The van der Waals surface area contributed by atoms with E-state index < -0.39 is 12.0 Å². The summed E-state index contributed by atoms with van der Waals surface area (Å²) in [5, 5.41) is 3.40.